The molecular weight excluding hydrogens is 298 g/mol. The third-order valence-electron chi connectivity index (χ3n) is 4.11. The van der Waals surface area contributed by atoms with Gasteiger partial charge in [0.25, 0.3) is 0 Å². The number of hydrogen-bond acceptors (Lipinski definition) is 6. The second-order valence-corrected chi connectivity index (χ2v) is 5.72. The summed E-state index contributed by atoms with van der Waals surface area (Å²) in [6.45, 7) is 3.24. The summed E-state index contributed by atoms with van der Waals surface area (Å²) in [5.41, 5.74) is 1.32. The lowest BCUT2D eigenvalue weighted by Gasteiger charge is -2.21. The van der Waals surface area contributed by atoms with Crippen LogP contribution in [0.1, 0.15) is 40.1 Å². The molecule has 2 atom stereocenters. The van der Waals surface area contributed by atoms with Gasteiger partial charge in [0.1, 0.15) is 0 Å². The number of aryl methyl sites for hydroxylation is 1. The zero-order valence-electron chi connectivity index (χ0n) is 13.1. The standard InChI is InChI=1S/C16H19N3O4/c1-10-17-15(23-18-10)14-7-13(22-2)9-19(14)8-11-3-5-12(6-4-11)16(20)21/h3-6,13-14H,7-9H2,1-2H3,(H,20,21). The highest BCUT2D eigenvalue weighted by molar-refractivity contribution is 5.87. The molecule has 2 unspecified atom stereocenters. The molecule has 1 aliphatic rings. The maximum atomic E-state index is 10.9. The molecule has 2 aromatic rings. The molecule has 7 nitrogen and oxygen atoms in total. The molecule has 7 heteroatoms. The van der Waals surface area contributed by atoms with Crippen LogP contribution in [0.3, 0.4) is 0 Å². The predicted molar refractivity (Wildman–Crippen MR) is 81.0 cm³/mol. The Morgan fingerprint density at radius 1 is 1.43 bits per heavy atom. The number of carboxylic acids is 1. The fourth-order valence-corrected chi connectivity index (χ4v) is 2.90. The van der Waals surface area contributed by atoms with Crippen molar-refractivity contribution in [2.45, 2.75) is 32.0 Å². The zero-order valence-corrected chi connectivity index (χ0v) is 13.1. The molecule has 0 amide bonds. The van der Waals surface area contributed by atoms with Gasteiger partial charge in [-0.2, -0.15) is 4.98 Å². The van der Waals surface area contributed by atoms with Gasteiger partial charge in [-0.15, -0.1) is 0 Å². The van der Waals surface area contributed by atoms with Crippen LogP contribution in [0, 0.1) is 6.92 Å². The predicted octanol–water partition coefficient (Wildman–Crippen LogP) is 2.04. The number of hydrogen-bond donors (Lipinski definition) is 1. The summed E-state index contributed by atoms with van der Waals surface area (Å²) in [5.74, 6) is 0.298. The molecule has 3 rings (SSSR count). The first kappa shape index (κ1) is 15.6. The first-order valence-electron chi connectivity index (χ1n) is 7.46. The van der Waals surface area contributed by atoms with Crippen molar-refractivity contribution in [3.8, 4) is 0 Å². The van der Waals surface area contributed by atoms with Gasteiger partial charge >= 0.3 is 5.97 Å². The molecule has 0 spiro atoms. The summed E-state index contributed by atoms with van der Waals surface area (Å²) in [4.78, 5) is 17.5. The second-order valence-electron chi connectivity index (χ2n) is 5.72. The number of nitrogens with zero attached hydrogens (tertiary/aromatic N) is 3. The summed E-state index contributed by atoms with van der Waals surface area (Å²) < 4.78 is 10.8. The van der Waals surface area contributed by atoms with Crippen LogP contribution in [0.5, 0.6) is 0 Å². The minimum atomic E-state index is -0.920. The van der Waals surface area contributed by atoms with Crippen molar-refractivity contribution < 1.29 is 19.2 Å². The van der Waals surface area contributed by atoms with E-state index in [1.54, 1.807) is 26.2 Å². The second kappa shape index (κ2) is 6.47. The van der Waals surface area contributed by atoms with Gasteiger partial charge in [0, 0.05) is 20.2 Å². The Balaban J connectivity index is 1.77. The Labute approximate surface area is 133 Å². The Morgan fingerprint density at radius 3 is 2.74 bits per heavy atom. The lowest BCUT2D eigenvalue weighted by Crippen LogP contribution is -2.25. The van der Waals surface area contributed by atoms with Crippen LogP contribution in [0.4, 0.5) is 0 Å². The van der Waals surface area contributed by atoms with E-state index in [1.807, 2.05) is 12.1 Å². The highest BCUT2D eigenvalue weighted by Crippen LogP contribution is 2.33. The van der Waals surface area contributed by atoms with Gasteiger partial charge in [0.05, 0.1) is 17.7 Å². The quantitative estimate of drug-likeness (QED) is 0.902. The Morgan fingerprint density at radius 2 is 2.17 bits per heavy atom. The number of benzene rings is 1. The van der Waals surface area contributed by atoms with Crippen LogP contribution in [0.25, 0.3) is 0 Å². The molecule has 1 aromatic heterocycles. The Hall–Kier alpha value is -2.25. The average Bonchev–Trinajstić information content (AvgIpc) is 3.14. The van der Waals surface area contributed by atoms with E-state index in [-0.39, 0.29) is 17.7 Å². The van der Waals surface area contributed by atoms with Gasteiger partial charge in [-0.25, -0.2) is 4.79 Å². The summed E-state index contributed by atoms with van der Waals surface area (Å²) in [6, 6.07) is 6.92. The van der Waals surface area contributed by atoms with E-state index < -0.39 is 5.97 Å². The third-order valence-corrected chi connectivity index (χ3v) is 4.11. The molecule has 1 saturated heterocycles. The largest absolute Gasteiger partial charge is 0.478 e. The minimum Gasteiger partial charge on any atom is -0.478 e. The fourth-order valence-electron chi connectivity index (χ4n) is 2.90. The van der Waals surface area contributed by atoms with Crippen molar-refractivity contribution in [2.75, 3.05) is 13.7 Å². The van der Waals surface area contributed by atoms with E-state index >= 15 is 0 Å². The number of methoxy groups -OCH3 is 1. The first-order valence-corrected chi connectivity index (χ1v) is 7.46. The van der Waals surface area contributed by atoms with E-state index in [1.165, 1.54) is 0 Å². The molecule has 1 N–H and O–H groups in total. The van der Waals surface area contributed by atoms with Gasteiger partial charge in [-0.05, 0) is 31.0 Å². The van der Waals surface area contributed by atoms with Gasteiger partial charge < -0.3 is 14.4 Å². The van der Waals surface area contributed by atoms with Gasteiger partial charge in [-0.3, -0.25) is 4.90 Å². The van der Waals surface area contributed by atoms with Crippen molar-refractivity contribution in [1.29, 1.82) is 0 Å². The number of likely N-dealkylation sites (tertiary alicyclic amines) is 1. The van der Waals surface area contributed by atoms with E-state index in [0.29, 0.717) is 18.3 Å². The maximum absolute atomic E-state index is 10.9. The summed E-state index contributed by atoms with van der Waals surface area (Å²) in [7, 11) is 1.70. The first-order chi connectivity index (χ1) is 11.1. The van der Waals surface area contributed by atoms with Gasteiger partial charge in [0.2, 0.25) is 5.89 Å². The molecular formula is C16H19N3O4. The number of aromatic carboxylic acids is 1. The van der Waals surface area contributed by atoms with E-state index in [4.69, 9.17) is 14.4 Å². The van der Waals surface area contributed by atoms with Crippen molar-refractivity contribution in [2.24, 2.45) is 0 Å². The van der Waals surface area contributed by atoms with Crippen LogP contribution in [-0.2, 0) is 11.3 Å². The van der Waals surface area contributed by atoms with Crippen molar-refractivity contribution in [1.82, 2.24) is 15.0 Å². The van der Waals surface area contributed by atoms with Gasteiger partial charge in [0.15, 0.2) is 5.82 Å². The SMILES string of the molecule is COC1CC(c2nc(C)no2)N(Cc2ccc(C(=O)O)cc2)C1. The lowest BCUT2D eigenvalue weighted by atomic mass is 10.1. The monoisotopic (exact) mass is 317 g/mol. The van der Waals surface area contributed by atoms with Gasteiger partial charge in [-0.1, -0.05) is 17.3 Å². The Kier molecular flexibility index (Phi) is 4.40. The highest BCUT2D eigenvalue weighted by Gasteiger charge is 2.36. The maximum Gasteiger partial charge on any atom is 0.335 e. The smallest absolute Gasteiger partial charge is 0.335 e. The lowest BCUT2D eigenvalue weighted by molar-refractivity contribution is 0.0697. The van der Waals surface area contributed by atoms with E-state index in [9.17, 15) is 4.79 Å². The van der Waals surface area contributed by atoms with Crippen LogP contribution < -0.4 is 0 Å². The summed E-state index contributed by atoms with van der Waals surface area (Å²) in [6.07, 6.45) is 0.913. The molecule has 122 valence electrons. The number of carbonyl (C=O) groups is 1. The van der Waals surface area contributed by atoms with Crippen LogP contribution >= 0.6 is 0 Å². The molecule has 2 heterocycles. The Bertz CT molecular complexity index is 683. The number of carboxylic acid groups (broad SMARTS) is 1. The molecule has 1 fully saturated rings. The van der Waals surface area contributed by atoms with Crippen LogP contribution in [0.2, 0.25) is 0 Å². The average molecular weight is 317 g/mol. The molecule has 1 aromatic carbocycles. The van der Waals surface area contributed by atoms with Crippen molar-refractivity contribution in [3.63, 3.8) is 0 Å². The minimum absolute atomic E-state index is 0.0142. The normalized spacial score (nSPS) is 21.7. The van der Waals surface area contributed by atoms with E-state index in [0.717, 1.165) is 18.5 Å². The zero-order chi connectivity index (χ0) is 16.4. The molecule has 0 saturated carbocycles. The van der Waals surface area contributed by atoms with Crippen molar-refractivity contribution >= 4 is 5.97 Å². The molecule has 0 aliphatic carbocycles. The third kappa shape index (κ3) is 3.40. The van der Waals surface area contributed by atoms with E-state index in [2.05, 4.69) is 15.0 Å². The number of ether oxygens (including phenoxy) is 1. The highest BCUT2D eigenvalue weighted by atomic mass is 16.5. The molecule has 0 radical (unpaired) electrons. The van der Waals surface area contributed by atoms with Crippen LogP contribution in [0.15, 0.2) is 28.8 Å². The number of rotatable bonds is 5. The molecule has 0 bridgehead atoms. The van der Waals surface area contributed by atoms with Crippen LogP contribution in [-0.4, -0.2) is 45.9 Å². The van der Waals surface area contributed by atoms with Crippen molar-refractivity contribution in [3.05, 3.63) is 47.1 Å². The molecule has 1 aliphatic heterocycles. The topological polar surface area (TPSA) is 88.7 Å². The summed E-state index contributed by atoms with van der Waals surface area (Å²) >= 11 is 0. The number of aromatic nitrogens is 2. The molecule has 23 heavy (non-hydrogen) atoms. The summed E-state index contributed by atoms with van der Waals surface area (Å²) in [5, 5.41) is 12.8. The fraction of sp³-hybridized carbons (Fsp3) is 0.438.